The zero-order chi connectivity index (χ0) is 13.4. The van der Waals surface area contributed by atoms with Crippen LogP contribution < -0.4 is 10.6 Å². The van der Waals surface area contributed by atoms with Crippen molar-refractivity contribution in [3.05, 3.63) is 22.4 Å². The van der Waals surface area contributed by atoms with Crippen LogP contribution in [0.1, 0.15) is 13.3 Å². The Labute approximate surface area is 105 Å². The SMILES string of the molecule is CCCNCCNC(=O)Cn1ccc([N+](=O)[O-])n1. The van der Waals surface area contributed by atoms with Gasteiger partial charge in [0.05, 0.1) is 17.4 Å². The average molecular weight is 255 g/mol. The summed E-state index contributed by atoms with van der Waals surface area (Å²) in [7, 11) is 0. The van der Waals surface area contributed by atoms with Gasteiger partial charge in [-0.25, -0.2) is 0 Å². The molecule has 0 atom stereocenters. The lowest BCUT2D eigenvalue weighted by Gasteiger charge is -2.04. The van der Waals surface area contributed by atoms with Crippen LogP contribution in [0.4, 0.5) is 5.82 Å². The molecule has 1 amide bonds. The lowest BCUT2D eigenvalue weighted by Crippen LogP contribution is -2.34. The molecule has 100 valence electrons. The van der Waals surface area contributed by atoms with Crippen LogP contribution in [0.3, 0.4) is 0 Å². The number of hydrogen-bond acceptors (Lipinski definition) is 5. The summed E-state index contributed by atoms with van der Waals surface area (Å²) in [6, 6.07) is 1.26. The molecule has 0 unspecified atom stereocenters. The van der Waals surface area contributed by atoms with Crippen molar-refractivity contribution in [1.29, 1.82) is 0 Å². The summed E-state index contributed by atoms with van der Waals surface area (Å²) < 4.78 is 1.24. The zero-order valence-corrected chi connectivity index (χ0v) is 10.3. The summed E-state index contributed by atoms with van der Waals surface area (Å²) in [4.78, 5) is 21.3. The molecule has 0 aliphatic heterocycles. The van der Waals surface area contributed by atoms with Gasteiger partial charge in [-0.3, -0.25) is 4.79 Å². The van der Waals surface area contributed by atoms with E-state index in [4.69, 9.17) is 0 Å². The first kappa shape index (κ1) is 14.1. The summed E-state index contributed by atoms with van der Waals surface area (Å²) in [5.74, 6) is -0.473. The van der Waals surface area contributed by atoms with E-state index >= 15 is 0 Å². The largest absolute Gasteiger partial charge is 0.389 e. The maximum atomic E-state index is 11.5. The molecule has 0 aromatic carbocycles. The third-order valence-electron chi connectivity index (χ3n) is 2.17. The van der Waals surface area contributed by atoms with Gasteiger partial charge in [0, 0.05) is 13.1 Å². The monoisotopic (exact) mass is 255 g/mol. The van der Waals surface area contributed by atoms with Crippen molar-refractivity contribution < 1.29 is 9.72 Å². The molecule has 0 spiro atoms. The van der Waals surface area contributed by atoms with Crippen molar-refractivity contribution in [2.24, 2.45) is 0 Å². The Morgan fingerprint density at radius 2 is 2.28 bits per heavy atom. The molecule has 0 fully saturated rings. The smallest absolute Gasteiger partial charge is 0.358 e. The van der Waals surface area contributed by atoms with Crippen LogP contribution in [-0.2, 0) is 11.3 Å². The van der Waals surface area contributed by atoms with Crippen LogP contribution in [0.25, 0.3) is 0 Å². The van der Waals surface area contributed by atoms with Crippen LogP contribution in [-0.4, -0.2) is 40.2 Å². The Kier molecular flexibility index (Phi) is 5.78. The summed E-state index contributed by atoms with van der Waals surface area (Å²) >= 11 is 0. The molecule has 1 aromatic rings. The number of nitro groups is 1. The molecule has 8 heteroatoms. The fourth-order valence-electron chi connectivity index (χ4n) is 1.33. The molecule has 8 nitrogen and oxygen atoms in total. The minimum Gasteiger partial charge on any atom is -0.358 e. The molecule has 1 aromatic heterocycles. The van der Waals surface area contributed by atoms with Crippen molar-refractivity contribution in [2.75, 3.05) is 19.6 Å². The first-order chi connectivity index (χ1) is 8.63. The fraction of sp³-hybridized carbons (Fsp3) is 0.600. The lowest BCUT2D eigenvalue weighted by atomic mass is 10.4. The molecule has 0 aliphatic carbocycles. The quantitative estimate of drug-likeness (QED) is 0.384. The van der Waals surface area contributed by atoms with Gasteiger partial charge in [-0.15, -0.1) is 0 Å². The van der Waals surface area contributed by atoms with Gasteiger partial charge in [0.15, 0.2) is 0 Å². The van der Waals surface area contributed by atoms with E-state index in [1.54, 1.807) is 0 Å². The number of amides is 1. The summed E-state index contributed by atoms with van der Waals surface area (Å²) in [6.45, 7) is 4.21. The highest BCUT2D eigenvalue weighted by atomic mass is 16.6. The van der Waals surface area contributed by atoms with Crippen molar-refractivity contribution >= 4 is 11.7 Å². The highest BCUT2D eigenvalue weighted by Crippen LogP contribution is 2.04. The third kappa shape index (κ3) is 4.91. The molecular formula is C10H17N5O3. The first-order valence-electron chi connectivity index (χ1n) is 5.78. The van der Waals surface area contributed by atoms with E-state index in [1.807, 2.05) is 0 Å². The van der Waals surface area contributed by atoms with Gasteiger partial charge in [0.2, 0.25) is 5.91 Å². The minimum atomic E-state index is -0.594. The maximum Gasteiger partial charge on any atom is 0.389 e. The number of rotatable bonds is 8. The number of nitrogens with zero attached hydrogens (tertiary/aromatic N) is 3. The lowest BCUT2D eigenvalue weighted by molar-refractivity contribution is -0.389. The van der Waals surface area contributed by atoms with E-state index in [2.05, 4.69) is 22.7 Å². The van der Waals surface area contributed by atoms with Crippen LogP contribution in [0.2, 0.25) is 0 Å². The molecule has 0 aliphatic rings. The number of hydrogen-bond donors (Lipinski definition) is 2. The normalized spacial score (nSPS) is 10.3. The van der Waals surface area contributed by atoms with Crippen molar-refractivity contribution in [1.82, 2.24) is 20.4 Å². The third-order valence-corrected chi connectivity index (χ3v) is 2.17. The average Bonchev–Trinajstić information content (AvgIpc) is 2.77. The van der Waals surface area contributed by atoms with Gasteiger partial charge in [-0.2, -0.15) is 4.68 Å². The van der Waals surface area contributed by atoms with Crippen molar-refractivity contribution in [3.8, 4) is 0 Å². The van der Waals surface area contributed by atoms with Crippen LogP contribution in [0.5, 0.6) is 0 Å². The Hall–Kier alpha value is -1.96. The highest BCUT2D eigenvalue weighted by Gasteiger charge is 2.12. The first-order valence-corrected chi connectivity index (χ1v) is 5.78. The predicted octanol–water partition coefficient (Wildman–Crippen LogP) is -0.0929. The summed E-state index contributed by atoms with van der Waals surface area (Å²) in [5, 5.41) is 19.9. The maximum absolute atomic E-state index is 11.5. The van der Waals surface area contributed by atoms with E-state index in [0.717, 1.165) is 13.0 Å². The molecule has 18 heavy (non-hydrogen) atoms. The molecule has 0 bridgehead atoms. The van der Waals surface area contributed by atoms with Crippen LogP contribution in [0, 0.1) is 10.1 Å². The molecule has 0 saturated heterocycles. The molecule has 1 rings (SSSR count). The molecular weight excluding hydrogens is 238 g/mol. The summed E-state index contributed by atoms with van der Waals surface area (Å²) in [6.07, 6.45) is 2.46. The van der Waals surface area contributed by atoms with Gasteiger partial charge in [0.25, 0.3) is 0 Å². The van der Waals surface area contributed by atoms with E-state index in [1.165, 1.54) is 16.9 Å². The van der Waals surface area contributed by atoms with E-state index in [9.17, 15) is 14.9 Å². The number of nitrogens with one attached hydrogen (secondary N) is 2. The van der Waals surface area contributed by atoms with E-state index in [0.29, 0.717) is 13.1 Å². The minimum absolute atomic E-state index is 0.0123. The highest BCUT2D eigenvalue weighted by molar-refractivity contribution is 5.75. The number of carbonyl (C=O) groups excluding carboxylic acids is 1. The Morgan fingerprint density at radius 3 is 2.89 bits per heavy atom. The molecule has 0 saturated carbocycles. The fourth-order valence-corrected chi connectivity index (χ4v) is 1.33. The molecule has 1 heterocycles. The topological polar surface area (TPSA) is 102 Å². The van der Waals surface area contributed by atoms with Gasteiger partial charge in [-0.05, 0) is 17.9 Å². The Balaban J connectivity index is 2.24. The molecule has 2 N–H and O–H groups in total. The Bertz CT molecular complexity index is 404. The van der Waals surface area contributed by atoms with Gasteiger partial charge in [0.1, 0.15) is 6.54 Å². The Morgan fingerprint density at radius 1 is 1.50 bits per heavy atom. The predicted molar refractivity (Wildman–Crippen MR) is 65.1 cm³/mol. The zero-order valence-electron chi connectivity index (χ0n) is 10.3. The van der Waals surface area contributed by atoms with E-state index < -0.39 is 4.92 Å². The number of carbonyl (C=O) groups is 1. The van der Waals surface area contributed by atoms with E-state index in [-0.39, 0.29) is 18.3 Å². The van der Waals surface area contributed by atoms with Crippen LogP contribution >= 0.6 is 0 Å². The second-order valence-electron chi connectivity index (χ2n) is 3.73. The summed E-state index contributed by atoms with van der Waals surface area (Å²) in [5.41, 5.74) is 0. The second-order valence-corrected chi connectivity index (χ2v) is 3.73. The number of aromatic nitrogens is 2. The van der Waals surface area contributed by atoms with Crippen molar-refractivity contribution in [3.63, 3.8) is 0 Å². The van der Waals surface area contributed by atoms with Crippen molar-refractivity contribution in [2.45, 2.75) is 19.9 Å². The van der Waals surface area contributed by atoms with Gasteiger partial charge in [-0.1, -0.05) is 6.92 Å². The standard InChI is InChI=1S/C10H17N5O3/c1-2-4-11-5-6-12-10(16)8-14-7-3-9(13-14)15(17)18/h3,7,11H,2,4-6,8H2,1H3,(H,12,16). The molecule has 0 radical (unpaired) electrons. The van der Waals surface area contributed by atoms with Gasteiger partial charge >= 0.3 is 5.82 Å². The second kappa shape index (κ2) is 7.38. The van der Waals surface area contributed by atoms with Crippen LogP contribution in [0.15, 0.2) is 12.3 Å². The van der Waals surface area contributed by atoms with Gasteiger partial charge < -0.3 is 20.7 Å².